The van der Waals surface area contributed by atoms with Gasteiger partial charge in [-0.3, -0.25) is 0 Å². The Labute approximate surface area is 638 Å². The van der Waals surface area contributed by atoms with Crippen LogP contribution >= 0.6 is 0 Å². The van der Waals surface area contributed by atoms with Gasteiger partial charge in [-0.05, 0) is 161 Å². The molecule has 21 rings (SSSR count). The maximum atomic E-state index is 6.45. The van der Waals surface area contributed by atoms with Crippen molar-refractivity contribution in [2.75, 3.05) is 0 Å². The number of aromatic nitrogens is 2. The van der Waals surface area contributed by atoms with Crippen molar-refractivity contribution in [3.05, 3.63) is 425 Å². The van der Waals surface area contributed by atoms with E-state index in [2.05, 4.69) is 410 Å². The zero-order valence-electron chi connectivity index (χ0n) is 60.1. The molecule has 4 heterocycles. The lowest BCUT2D eigenvalue weighted by Crippen LogP contribution is -1.98. The van der Waals surface area contributed by atoms with E-state index in [0.717, 1.165) is 99.9 Å². The standard InChI is InChI=1S/C56H37NO.C50H33NO/c1-4-13-38(14-5-1)40-23-25-42(26-24-40)46-33-36-52-51(37-46)54(44-29-27-41(28-30-44)39-15-6-2-7-16-39)55(45-17-8-3-9-18-45)57(52)47-34-31-43(32-35-47)48-20-12-21-50-49-19-10-11-22-53(49)58-56(48)50;1-4-12-34(13-5-1)36-20-22-38(23-21-36)41-28-30-46-45(32-41)49(39-26-24-37(25-27-39)35-14-6-2-7-15-35)50(40-16-8-3-9-17-40)51(46)42-29-31-48-44(33-42)43-18-10-11-19-47(43)52-48/h1-37H;1-33H. The number of rotatable bonds is 13. The summed E-state index contributed by atoms with van der Waals surface area (Å²) in [6.07, 6.45) is 0. The van der Waals surface area contributed by atoms with Crippen molar-refractivity contribution in [1.82, 2.24) is 9.13 Å². The molecule has 0 saturated heterocycles. The number of fused-ring (bicyclic) bond motifs is 8. The van der Waals surface area contributed by atoms with Crippen molar-refractivity contribution in [1.29, 1.82) is 0 Å². The molecular formula is C106H70N2O2. The second-order valence-corrected chi connectivity index (χ2v) is 28.2. The molecule has 0 aliphatic heterocycles. The first-order valence-electron chi connectivity index (χ1n) is 37.6. The predicted molar refractivity (Wildman–Crippen MR) is 461 cm³/mol. The van der Waals surface area contributed by atoms with Gasteiger partial charge >= 0.3 is 0 Å². The van der Waals surface area contributed by atoms with Gasteiger partial charge in [-0.25, -0.2) is 0 Å². The van der Waals surface area contributed by atoms with Gasteiger partial charge in [-0.15, -0.1) is 0 Å². The Bertz CT molecular complexity index is 6900. The van der Waals surface area contributed by atoms with E-state index >= 15 is 0 Å². The summed E-state index contributed by atoms with van der Waals surface area (Å²) in [6.45, 7) is 0. The summed E-state index contributed by atoms with van der Waals surface area (Å²) >= 11 is 0. The summed E-state index contributed by atoms with van der Waals surface area (Å²) in [4.78, 5) is 0. The summed E-state index contributed by atoms with van der Waals surface area (Å²) in [7, 11) is 0. The molecule has 0 fully saturated rings. The maximum Gasteiger partial charge on any atom is 0.143 e. The lowest BCUT2D eigenvalue weighted by Gasteiger charge is -2.14. The van der Waals surface area contributed by atoms with E-state index in [1.807, 2.05) is 24.3 Å². The first kappa shape index (κ1) is 65.0. The molecule has 21 aromatic rings. The summed E-state index contributed by atoms with van der Waals surface area (Å²) in [5.41, 5.74) is 34.1. The predicted octanol–water partition coefficient (Wildman–Crippen LogP) is 29.4. The Balaban J connectivity index is 0.000000145. The average molecular weight is 1400 g/mol. The van der Waals surface area contributed by atoms with Gasteiger partial charge < -0.3 is 18.0 Å². The monoisotopic (exact) mass is 1400 g/mol. The maximum absolute atomic E-state index is 6.45. The van der Waals surface area contributed by atoms with Crippen LogP contribution in [0.3, 0.4) is 0 Å². The minimum Gasteiger partial charge on any atom is -0.456 e. The molecule has 0 unspecified atom stereocenters. The van der Waals surface area contributed by atoms with Crippen LogP contribution in [-0.2, 0) is 0 Å². The molecule has 0 saturated carbocycles. The van der Waals surface area contributed by atoms with Crippen LogP contribution in [0.5, 0.6) is 0 Å². The first-order chi connectivity index (χ1) is 54.5. The molecule has 0 radical (unpaired) electrons. The van der Waals surface area contributed by atoms with E-state index in [1.54, 1.807) is 0 Å². The summed E-state index contributed by atoms with van der Waals surface area (Å²) in [6, 6.07) is 152. The van der Waals surface area contributed by atoms with Crippen LogP contribution in [0.4, 0.5) is 0 Å². The highest BCUT2D eigenvalue weighted by Gasteiger charge is 2.26. The number of benzene rings is 17. The smallest absolute Gasteiger partial charge is 0.143 e. The van der Waals surface area contributed by atoms with Gasteiger partial charge in [-0.1, -0.05) is 358 Å². The molecule has 0 amide bonds. The molecule has 0 atom stereocenters. The Hall–Kier alpha value is -14.6. The largest absolute Gasteiger partial charge is 0.456 e. The van der Waals surface area contributed by atoms with E-state index in [-0.39, 0.29) is 0 Å². The molecular weight excluding hydrogens is 1330 g/mol. The van der Waals surface area contributed by atoms with Gasteiger partial charge in [0.05, 0.1) is 22.4 Å². The van der Waals surface area contributed by atoms with E-state index in [0.29, 0.717) is 0 Å². The molecule has 4 nitrogen and oxygen atoms in total. The van der Waals surface area contributed by atoms with Crippen LogP contribution in [0.15, 0.2) is 433 Å². The van der Waals surface area contributed by atoms with E-state index in [1.165, 1.54) is 99.8 Å². The van der Waals surface area contributed by atoms with Crippen molar-refractivity contribution in [2.45, 2.75) is 0 Å². The minimum absolute atomic E-state index is 0.889. The molecule has 0 aliphatic rings. The van der Waals surface area contributed by atoms with Crippen LogP contribution in [-0.4, -0.2) is 9.13 Å². The Morgan fingerprint density at radius 1 is 0.164 bits per heavy atom. The summed E-state index contributed by atoms with van der Waals surface area (Å²) in [5, 5.41) is 6.90. The SMILES string of the molecule is c1ccc(-c2ccc(-c3ccc4c(c3)c(-c3ccc(-c5ccccc5)cc3)c(-c3ccccc3)n4-c3ccc(-c4cccc5c4oc4ccccc45)cc3)cc2)cc1.c1ccc(-c2ccc(-c3ccc4c(c3)c(-c3ccc(-c5ccccc5)cc3)c(-c3ccccc3)n4-c3ccc4oc5ccccc5c4c3)cc2)cc1. The fraction of sp³-hybridized carbons (Fsp3) is 0. The summed E-state index contributed by atoms with van der Waals surface area (Å²) < 4.78 is 17.6. The fourth-order valence-corrected chi connectivity index (χ4v) is 16.3. The molecule has 0 spiro atoms. The lowest BCUT2D eigenvalue weighted by molar-refractivity contribution is 0.668. The van der Waals surface area contributed by atoms with Crippen molar-refractivity contribution < 1.29 is 8.83 Å². The third-order valence-electron chi connectivity index (χ3n) is 21.7. The van der Waals surface area contributed by atoms with Crippen LogP contribution in [0.1, 0.15) is 0 Å². The topological polar surface area (TPSA) is 36.1 Å². The highest BCUT2D eigenvalue weighted by atomic mass is 16.3. The molecule has 17 aromatic carbocycles. The number of para-hydroxylation sites is 3. The molecule has 516 valence electrons. The van der Waals surface area contributed by atoms with Gasteiger partial charge in [0.1, 0.15) is 22.3 Å². The Morgan fingerprint density at radius 2 is 0.464 bits per heavy atom. The molecule has 4 aromatic heterocycles. The zero-order valence-corrected chi connectivity index (χ0v) is 60.1. The van der Waals surface area contributed by atoms with Gasteiger partial charge in [0.2, 0.25) is 0 Å². The van der Waals surface area contributed by atoms with Gasteiger partial charge in [0.15, 0.2) is 0 Å². The molecule has 0 aliphatic carbocycles. The molecule has 4 heteroatoms. The first-order valence-corrected chi connectivity index (χ1v) is 37.6. The van der Waals surface area contributed by atoms with Crippen LogP contribution < -0.4 is 0 Å². The Morgan fingerprint density at radius 3 is 0.891 bits per heavy atom. The van der Waals surface area contributed by atoms with Crippen molar-refractivity contribution >= 4 is 65.7 Å². The molecule has 110 heavy (non-hydrogen) atoms. The van der Waals surface area contributed by atoms with Crippen LogP contribution in [0.2, 0.25) is 0 Å². The number of furan rings is 2. The Kier molecular flexibility index (Phi) is 16.6. The van der Waals surface area contributed by atoms with Gasteiger partial charge in [0, 0.05) is 60.4 Å². The van der Waals surface area contributed by atoms with Crippen molar-refractivity contribution in [3.63, 3.8) is 0 Å². The molecule has 0 bridgehead atoms. The second kappa shape index (κ2) is 28.0. The third-order valence-corrected chi connectivity index (χ3v) is 21.7. The lowest BCUT2D eigenvalue weighted by atomic mass is 9.94. The number of hydrogen-bond acceptors (Lipinski definition) is 2. The molecule has 0 N–H and O–H groups in total. The average Bonchev–Trinajstić information content (AvgIpc) is 1.59. The number of nitrogens with zero attached hydrogens (tertiary/aromatic N) is 2. The fourth-order valence-electron chi connectivity index (χ4n) is 16.3. The van der Waals surface area contributed by atoms with E-state index < -0.39 is 0 Å². The normalized spacial score (nSPS) is 11.5. The summed E-state index contributed by atoms with van der Waals surface area (Å²) in [5.74, 6) is 0. The van der Waals surface area contributed by atoms with Gasteiger partial charge in [0.25, 0.3) is 0 Å². The van der Waals surface area contributed by atoms with Crippen molar-refractivity contribution in [2.24, 2.45) is 0 Å². The third kappa shape index (κ3) is 11.9. The van der Waals surface area contributed by atoms with E-state index in [4.69, 9.17) is 8.83 Å². The van der Waals surface area contributed by atoms with Crippen LogP contribution in [0, 0.1) is 0 Å². The minimum atomic E-state index is 0.889. The highest BCUT2D eigenvalue weighted by molar-refractivity contribution is 6.12. The van der Waals surface area contributed by atoms with E-state index in [9.17, 15) is 0 Å². The second-order valence-electron chi connectivity index (χ2n) is 28.2. The highest BCUT2D eigenvalue weighted by Crippen LogP contribution is 2.48. The van der Waals surface area contributed by atoms with Gasteiger partial charge in [-0.2, -0.15) is 0 Å². The van der Waals surface area contributed by atoms with Crippen LogP contribution in [0.25, 0.3) is 200 Å². The number of hydrogen-bond donors (Lipinski definition) is 0. The zero-order chi connectivity index (χ0) is 72.9. The quantitative estimate of drug-likeness (QED) is 0.115. The van der Waals surface area contributed by atoms with Crippen molar-refractivity contribution in [3.8, 4) is 134 Å².